The maximum Gasteiger partial charge on any atom is 0.263 e. The first-order chi connectivity index (χ1) is 9.83. The number of rotatable bonds is 4. The Morgan fingerprint density at radius 2 is 1.95 bits per heavy atom. The fourth-order valence-electron chi connectivity index (χ4n) is 1.57. The summed E-state index contributed by atoms with van der Waals surface area (Å²) in [4.78, 5) is 14.4. The first-order valence-corrected chi connectivity index (χ1v) is 7.02. The molecule has 21 heavy (non-hydrogen) atoms. The summed E-state index contributed by atoms with van der Waals surface area (Å²) in [6.45, 7) is 0. The van der Waals surface area contributed by atoms with Crippen LogP contribution in [0.4, 0.5) is 14.5 Å². The summed E-state index contributed by atoms with van der Waals surface area (Å²) < 4.78 is 53.1. The lowest BCUT2D eigenvalue weighted by atomic mass is 10.1. The number of pyridine rings is 1. The molecule has 2 aromatic rings. The van der Waals surface area contributed by atoms with E-state index in [4.69, 9.17) is 5.73 Å². The second-order valence-corrected chi connectivity index (χ2v) is 5.62. The molecule has 3 N–H and O–H groups in total. The average molecular weight is 313 g/mol. The number of primary amides is 1. The molecule has 0 aliphatic carbocycles. The van der Waals surface area contributed by atoms with Gasteiger partial charge in [0.15, 0.2) is 5.82 Å². The van der Waals surface area contributed by atoms with Crippen molar-refractivity contribution in [2.24, 2.45) is 5.73 Å². The number of hydrogen-bond donors (Lipinski definition) is 2. The third-order valence-electron chi connectivity index (χ3n) is 2.53. The van der Waals surface area contributed by atoms with Crippen molar-refractivity contribution < 1.29 is 22.0 Å². The molecule has 0 aliphatic heterocycles. The smallest absolute Gasteiger partial charge is 0.263 e. The summed E-state index contributed by atoms with van der Waals surface area (Å²) in [6, 6.07) is 4.21. The molecule has 0 aliphatic rings. The molecule has 0 atom stereocenters. The largest absolute Gasteiger partial charge is 0.365 e. The van der Waals surface area contributed by atoms with Gasteiger partial charge in [-0.3, -0.25) is 14.5 Å². The van der Waals surface area contributed by atoms with Crippen LogP contribution in [0.15, 0.2) is 41.6 Å². The van der Waals surface area contributed by atoms with E-state index in [1.165, 1.54) is 18.3 Å². The van der Waals surface area contributed by atoms with Gasteiger partial charge < -0.3 is 5.73 Å². The minimum absolute atomic E-state index is 0.214. The van der Waals surface area contributed by atoms with Gasteiger partial charge in [0.05, 0.1) is 5.69 Å². The highest BCUT2D eigenvalue weighted by Crippen LogP contribution is 2.23. The molecular weight excluding hydrogens is 304 g/mol. The first kappa shape index (κ1) is 14.9. The van der Waals surface area contributed by atoms with E-state index in [-0.39, 0.29) is 4.90 Å². The lowest BCUT2D eigenvalue weighted by Crippen LogP contribution is -2.19. The predicted octanol–water partition coefficient (Wildman–Crippen LogP) is 1.26. The molecule has 0 fully saturated rings. The van der Waals surface area contributed by atoms with Crippen molar-refractivity contribution in [1.82, 2.24) is 4.98 Å². The van der Waals surface area contributed by atoms with Crippen LogP contribution in [0.25, 0.3) is 0 Å². The van der Waals surface area contributed by atoms with E-state index >= 15 is 0 Å². The molecule has 110 valence electrons. The number of nitrogens with one attached hydrogen (secondary N) is 1. The topological polar surface area (TPSA) is 102 Å². The minimum atomic E-state index is -4.12. The Morgan fingerprint density at radius 1 is 1.24 bits per heavy atom. The van der Waals surface area contributed by atoms with Gasteiger partial charge in [-0.25, -0.2) is 17.2 Å². The van der Waals surface area contributed by atoms with Gasteiger partial charge in [-0.1, -0.05) is 0 Å². The number of anilines is 1. The Labute approximate surface area is 118 Å². The maximum absolute atomic E-state index is 13.9. The van der Waals surface area contributed by atoms with E-state index in [9.17, 15) is 22.0 Å². The molecule has 0 spiro atoms. The summed E-state index contributed by atoms with van der Waals surface area (Å²) in [5.74, 6) is -3.90. The van der Waals surface area contributed by atoms with Crippen LogP contribution in [0.5, 0.6) is 0 Å². The summed E-state index contributed by atoms with van der Waals surface area (Å²) in [7, 11) is -4.12. The van der Waals surface area contributed by atoms with Crippen LogP contribution < -0.4 is 10.5 Å². The van der Waals surface area contributed by atoms with Crippen molar-refractivity contribution in [2.75, 3.05) is 4.72 Å². The van der Waals surface area contributed by atoms with Gasteiger partial charge in [0.2, 0.25) is 0 Å². The van der Waals surface area contributed by atoms with Crippen LogP contribution in [-0.2, 0) is 10.0 Å². The Bertz CT molecular complexity index is 795. The van der Waals surface area contributed by atoms with E-state index in [0.717, 1.165) is 18.3 Å². The third-order valence-corrected chi connectivity index (χ3v) is 3.88. The molecule has 0 saturated carbocycles. The number of aromatic nitrogens is 1. The van der Waals surface area contributed by atoms with Crippen molar-refractivity contribution >= 4 is 21.6 Å². The van der Waals surface area contributed by atoms with Crippen LogP contribution in [0.3, 0.4) is 0 Å². The molecule has 0 bridgehead atoms. The number of amides is 1. The van der Waals surface area contributed by atoms with Gasteiger partial charge in [0, 0.05) is 12.4 Å². The number of carbonyl (C=O) groups excluding carboxylic acids is 1. The van der Waals surface area contributed by atoms with Crippen molar-refractivity contribution in [3.05, 3.63) is 53.9 Å². The molecule has 6 nitrogen and oxygen atoms in total. The fourth-order valence-corrected chi connectivity index (χ4v) is 2.59. The molecule has 2 rings (SSSR count). The van der Waals surface area contributed by atoms with Crippen LogP contribution >= 0.6 is 0 Å². The van der Waals surface area contributed by atoms with Crippen LogP contribution in [-0.4, -0.2) is 19.3 Å². The van der Waals surface area contributed by atoms with Gasteiger partial charge in [0.25, 0.3) is 15.9 Å². The molecule has 1 amide bonds. The van der Waals surface area contributed by atoms with Gasteiger partial charge in [-0.2, -0.15) is 0 Å². The summed E-state index contributed by atoms with van der Waals surface area (Å²) in [5, 5.41) is 0. The minimum Gasteiger partial charge on any atom is -0.365 e. The summed E-state index contributed by atoms with van der Waals surface area (Å²) in [6.07, 6.45) is 2.42. The Kier molecular flexibility index (Phi) is 3.85. The molecule has 0 radical (unpaired) electrons. The van der Waals surface area contributed by atoms with Gasteiger partial charge in [-0.15, -0.1) is 0 Å². The number of halogens is 2. The number of carbonyl (C=O) groups is 1. The van der Waals surface area contributed by atoms with Gasteiger partial charge in [0.1, 0.15) is 16.3 Å². The molecule has 1 heterocycles. The Balaban J connectivity index is 2.46. The number of sulfonamides is 1. The zero-order valence-corrected chi connectivity index (χ0v) is 11.2. The summed E-state index contributed by atoms with van der Waals surface area (Å²) in [5.41, 5.74) is 3.25. The number of nitrogens with zero attached hydrogens (tertiary/aromatic N) is 1. The van der Waals surface area contributed by atoms with E-state index in [0.29, 0.717) is 0 Å². The van der Waals surface area contributed by atoms with E-state index in [1.807, 2.05) is 4.72 Å². The van der Waals surface area contributed by atoms with Crippen LogP contribution in [0.2, 0.25) is 0 Å². The Morgan fingerprint density at radius 3 is 2.52 bits per heavy atom. The van der Waals surface area contributed by atoms with Gasteiger partial charge >= 0.3 is 0 Å². The zero-order valence-electron chi connectivity index (χ0n) is 10.4. The number of hydrogen-bond acceptors (Lipinski definition) is 4. The average Bonchev–Trinajstić information content (AvgIpc) is 2.43. The Hall–Kier alpha value is -2.55. The second kappa shape index (κ2) is 5.44. The molecule has 9 heteroatoms. The molecular formula is C12H9F2N3O3S. The maximum atomic E-state index is 13.9. The highest BCUT2D eigenvalue weighted by atomic mass is 32.2. The van der Waals surface area contributed by atoms with Crippen molar-refractivity contribution in [2.45, 2.75) is 4.90 Å². The van der Waals surface area contributed by atoms with Gasteiger partial charge in [-0.05, 0) is 24.3 Å². The zero-order chi connectivity index (χ0) is 15.6. The standard InChI is InChI=1S/C12H9F2N3O3S/c13-8-3-4-9(11(14)10(8)12(15)18)17-21(19,20)7-2-1-5-16-6-7/h1-6,17H,(H2,15,18). The normalized spacial score (nSPS) is 11.1. The lowest BCUT2D eigenvalue weighted by molar-refractivity contribution is 0.0992. The SMILES string of the molecule is NC(=O)c1c(F)ccc(NS(=O)(=O)c2cccnc2)c1F. The second-order valence-electron chi connectivity index (χ2n) is 3.94. The van der Waals surface area contributed by atoms with Crippen molar-refractivity contribution in [3.8, 4) is 0 Å². The van der Waals surface area contributed by atoms with Crippen LogP contribution in [0, 0.1) is 11.6 Å². The quantitative estimate of drug-likeness (QED) is 0.887. The van der Waals surface area contributed by atoms with E-state index < -0.39 is 38.8 Å². The lowest BCUT2D eigenvalue weighted by Gasteiger charge is -2.10. The van der Waals surface area contributed by atoms with Crippen molar-refractivity contribution in [3.63, 3.8) is 0 Å². The molecule has 0 unspecified atom stereocenters. The van der Waals surface area contributed by atoms with E-state index in [2.05, 4.69) is 4.98 Å². The van der Waals surface area contributed by atoms with E-state index in [1.54, 1.807) is 0 Å². The molecule has 1 aromatic heterocycles. The van der Waals surface area contributed by atoms with Crippen LogP contribution in [0.1, 0.15) is 10.4 Å². The monoisotopic (exact) mass is 313 g/mol. The number of nitrogens with two attached hydrogens (primary N) is 1. The number of benzene rings is 1. The van der Waals surface area contributed by atoms with Crippen molar-refractivity contribution in [1.29, 1.82) is 0 Å². The summed E-state index contributed by atoms with van der Waals surface area (Å²) >= 11 is 0. The first-order valence-electron chi connectivity index (χ1n) is 5.53. The highest BCUT2D eigenvalue weighted by Gasteiger charge is 2.22. The molecule has 0 saturated heterocycles. The fraction of sp³-hybridized carbons (Fsp3) is 0. The molecule has 1 aromatic carbocycles. The third kappa shape index (κ3) is 2.97. The highest BCUT2D eigenvalue weighted by molar-refractivity contribution is 7.92. The predicted molar refractivity (Wildman–Crippen MR) is 69.9 cm³/mol.